The Morgan fingerprint density at radius 2 is 1.94 bits per heavy atom. The van der Waals surface area contributed by atoms with Crippen LogP contribution in [0.1, 0.15) is 40.0 Å². The predicted molar refractivity (Wildman–Crippen MR) is 68.4 cm³/mol. The molecule has 0 rings (SSSR count). The van der Waals surface area contributed by atoms with Crippen molar-refractivity contribution in [2.24, 2.45) is 0 Å². The summed E-state index contributed by atoms with van der Waals surface area (Å²) in [5.41, 5.74) is 0. The zero-order chi connectivity index (χ0) is 14.1. The van der Waals surface area contributed by atoms with Crippen LogP contribution in [0.25, 0.3) is 0 Å². The van der Waals surface area contributed by atoms with Crippen LogP contribution in [0.15, 0.2) is 0 Å². The number of aliphatic hydroxyl groups excluding tert-OH is 1. The van der Waals surface area contributed by atoms with Gasteiger partial charge >= 0.3 is 12.0 Å². The van der Waals surface area contributed by atoms with Crippen molar-refractivity contribution in [1.82, 2.24) is 10.2 Å². The highest BCUT2D eigenvalue weighted by Gasteiger charge is 2.23. The Labute approximate surface area is 108 Å². The summed E-state index contributed by atoms with van der Waals surface area (Å²) < 4.78 is 0. The molecule has 106 valence electrons. The zero-order valence-corrected chi connectivity index (χ0v) is 11.3. The minimum absolute atomic E-state index is 0.00776. The van der Waals surface area contributed by atoms with Crippen LogP contribution in [0.4, 0.5) is 4.79 Å². The number of carboxylic acids is 1. The van der Waals surface area contributed by atoms with E-state index in [1.807, 2.05) is 20.8 Å². The molecule has 0 radical (unpaired) electrons. The Kier molecular flexibility index (Phi) is 8.11. The van der Waals surface area contributed by atoms with Crippen LogP contribution in [0.5, 0.6) is 0 Å². The van der Waals surface area contributed by atoms with Crippen LogP contribution in [0, 0.1) is 0 Å². The minimum Gasteiger partial charge on any atom is -0.480 e. The molecule has 0 aromatic rings. The number of hydrogen-bond donors (Lipinski definition) is 3. The number of nitrogens with one attached hydrogen (secondary N) is 1. The Balaban J connectivity index is 4.51. The molecule has 0 saturated carbocycles. The first-order chi connectivity index (χ1) is 8.43. The van der Waals surface area contributed by atoms with E-state index in [1.54, 1.807) is 0 Å². The molecular formula is C12H24N2O4. The van der Waals surface area contributed by atoms with Crippen LogP contribution in [0.3, 0.4) is 0 Å². The van der Waals surface area contributed by atoms with Gasteiger partial charge in [-0.25, -0.2) is 9.59 Å². The molecule has 2 amide bonds. The molecule has 18 heavy (non-hydrogen) atoms. The molecular weight excluding hydrogens is 236 g/mol. The van der Waals surface area contributed by atoms with Crippen molar-refractivity contribution in [1.29, 1.82) is 0 Å². The van der Waals surface area contributed by atoms with Crippen LogP contribution in [-0.4, -0.2) is 52.3 Å². The number of rotatable bonds is 8. The molecule has 0 aliphatic carbocycles. The first-order valence-electron chi connectivity index (χ1n) is 6.34. The third kappa shape index (κ3) is 5.86. The van der Waals surface area contributed by atoms with Crippen molar-refractivity contribution in [3.8, 4) is 0 Å². The van der Waals surface area contributed by atoms with Gasteiger partial charge in [-0.05, 0) is 26.7 Å². The summed E-state index contributed by atoms with van der Waals surface area (Å²) in [6.45, 7) is 6.00. The number of hydrogen-bond acceptors (Lipinski definition) is 3. The van der Waals surface area contributed by atoms with E-state index < -0.39 is 12.0 Å². The lowest BCUT2D eigenvalue weighted by Crippen LogP contribution is -2.50. The van der Waals surface area contributed by atoms with E-state index in [0.717, 1.165) is 0 Å². The van der Waals surface area contributed by atoms with Crippen molar-refractivity contribution in [2.45, 2.75) is 52.1 Å². The van der Waals surface area contributed by atoms with Gasteiger partial charge in [-0.15, -0.1) is 0 Å². The number of carboxylic acid groups (broad SMARTS) is 1. The molecule has 0 aliphatic rings. The molecule has 3 N–H and O–H groups in total. The van der Waals surface area contributed by atoms with E-state index in [9.17, 15) is 9.59 Å². The third-order valence-corrected chi connectivity index (χ3v) is 2.61. The van der Waals surface area contributed by atoms with Gasteiger partial charge in [-0.3, -0.25) is 0 Å². The maximum absolute atomic E-state index is 12.0. The second-order valence-corrected chi connectivity index (χ2v) is 4.49. The van der Waals surface area contributed by atoms with E-state index in [0.29, 0.717) is 25.8 Å². The number of urea groups is 1. The van der Waals surface area contributed by atoms with E-state index in [2.05, 4.69) is 5.32 Å². The van der Waals surface area contributed by atoms with Crippen LogP contribution >= 0.6 is 0 Å². The van der Waals surface area contributed by atoms with Crippen molar-refractivity contribution >= 4 is 12.0 Å². The lowest BCUT2D eigenvalue weighted by atomic mass is 10.2. The van der Waals surface area contributed by atoms with Crippen LogP contribution in [0.2, 0.25) is 0 Å². The molecule has 0 saturated heterocycles. The summed E-state index contributed by atoms with van der Waals surface area (Å²) in [5.74, 6) is -1.02. The lowest BCUT2D eigenvalue weighted by Gasteiger charge is -2.28. The Morgan fingerprint density at radius 3 is 2.33 bits per heavy atom. The molecule has 0 fully saturated rings. The smallest absolute Gasteiger partial charge is 0.326 e. The maximum Gasteiger partial charge on any atom is 0.326 e. The second kappa shape index (κ2) is 8.74. The average Bonchev–Trinajstić information content (AvgIpc) is 2.28. The molecule has 0 aromatic carbocycles. The molecule has 0 bridgehead atoms. The van der Waals surface area contributed by atoms with Crippen molar-refractivity contribution < 1.29 is 19.8 Å². The van der Waals surface area contributed by atoms with E-state index in [4.69, 9.17) is 10.2 Å². The number of aliphatic hydroxyl groups is 1. The van der Waals surface area contributed by atoms with Gasteiger partial charge in [0, 0.05) is 19.2 Å². The van der Waals surface area contributed by atoms with Gasteiger partial charge in [0.25, 0.3) is 0 Å². The molecule has 6 heteroatoms. The SMILES string of the molecule is CCCC(NC(=O)N(CCCO)C(C)C)C(=O)O. The molecule has 0 aromatic heterocycles. The normalized spacial score (nSPS) is 12.3. The Hall–Kier alpha value is -1.30. The first kappa shape index (κ1) is 16.7. The maximum atomic E-state index is 12.0. The molecule has 1 unspecified atom stereocenters. The summed E-state index contributed by atoms with van der Waals surface area (Å²) in [6, 6.07) is -1.27. The van der Waals surface area contributed by atoms with Gasteiger partial charge in [0.2, 0.25) is 0 Å². The number of nitrogens with zero attached hydrogens (tertiary/aromatic N) is 1. The fraction of sp³-hybridized carbons (Fsp3) is 0.833. The van der Waals surface area contributed by atoms with E-state index in [-0.39, 0.29) is 18.7 Å². The highest BCUT2D eigenvalue weighted by Crippen LogP contribution is 2.03. The molecule has 0 aliphatic heterocycles. The number of aliphatic carboxylic acids is 1. The topological polar surface area (TPSA) is 89.9 Å². The monoisotopic (exact) mass is 260 g/mol. The van der Waals surface area contributed by atoms with Gasteiger partial charge in [0.15, 0.2) is 0 Å². The summed E-state index contributed by atoms with van der Waals surface area (Å²) >= 11 is 0. The van der Waals surface area contributed by atoms with Crippen molar-refractivity contribution in [2.75, 3.05) is 13.2 Å². The summed E-state index contributed by atoms with van der Waals surface area (Å²) in [7, 11) is 0. The fourth-order valence-corrected chi connectivity index (χ4v) is 1.61. The van der Waals surface area contributed by atoms with Crippen LogP contribution < -0.4 is 5.32 Å². The highest BCUT2D eigenvalue weighted by atomic mass is 16.4. The summed E-state index contributed by atoms with van der Waals surface area (Å²) in [4.78, 5) is 24.4. The Bertz CT molecular complexity index is 269. The zero-order valence-electron chi connectivity index (χ0n) is 11.3. The van der Waals surface area contributed by atoms with Crippen molar-refractivity contribution in [3.63, 3.8) is 0 Å². The predicted octanol–water partition coefficient (Wildman–Crippen LogP) is 1.04. The average molecular weight is 260 g/mol. The molecule has 6 nitrogen and oxygen atoms in total. The number of carbonyl (C=O) groups excluding carboxylic acids is 1. The standard InChI is InChI=1S/C12H24N2O4/c1-4-6-10(11(16)17)13-12(18)14(9(2)3)7-5-8-15/h9-10,15H,4-8H2,1-3H3,(H,13,18)(H,16,17). The van der Waals surface area contributed by atoms with Gasteiger partial charge in [0.05, 0.1) is 0 Å². The number of amides is 2. The highest BCUT2D eigenvalue weighted by molar-refractivity contribution is 5.82. The molecule has 0 spiro atoms. The third-order valence-electron chi connectivity index (χ3n) is 2.61. The van der Waals surface area contributed by atoms with Crippen LogP contribution in [-0.2, 0) is 4.79 Å². The number of carbonyl (C=O) groups is 2. The van der Waals surface area contributed by atoms with Gasteiger partial charge < -0.3 is 20.4 Å². The van der Waals surface area contributed by atoms with Gasteiger partial charge in [0.1, 0.15) is 6.04 Å². The Morgan fingerprint density at radius 1 is 1.33 bits per heavy atom. The van der Waals surface area contributed by atoms with E-state index >= 15 is 0 Å². The molecule has 0 heterocycles. The first-order valence-corrected chi connectivity index (χ1v) is 6.34. The molecule has 1 atom stereocenters. The second-order valence-electron chi connectivity index (χ2n) is 4.49. The summed E-state index contributed by atoms with van der Waals surface area (Å²) in [6.07, 6.45) is 1.58. The minimum atomic E-state index is -1.02. The van der Waals surface area contributed by atoms with Crippen molar-refractivity contribution in [3.05, 3.63) is 0 Å². The lowest BCUT2D eigenvalue weighted by molar-refractivity contribution is -0.139. The van der Waals surface area contributed by atoms with Gasteiger partial charge in [-0.1, -0.05) is 13.3 Å². The van der Waals surface area contributed by atoms with E-state index in [1.165, 1.54) is 4.90 Å². The quantitative estimate of drug-likeness (QED) is 0.608. The van der Waals surface area contributed by atoms with Gasteiger partial charge in [-0.2, -0.15) is 0 Å². The fourth-order valence-electron chi connectivity index (χ4n) is 1.61. The largest absolute Gasteiger partial charge is 0.480 e. The summed E-state index contributed by atoms with van der Waals surface area (Å²) in [5, 5.41) is 20.3.